The second-order valence-electron chi connectivity index (χ2n) is 7.35. The van der Waals surface area contributed by atoms with E-state index in [4.69, 9.17) is 18.9 Å². The van der Waals surface area contributed by atoms with Crippen LogP contribution in [0.1, 0.15) is 61.8 Å². The lowest BCUT2D eigenvalue weighted by molar-refractivity contribution is -0.436. The first-order valence-electron chi connectivity index (χ1n) is 9.36. The van der Waals surface area contributed by atoms with Crippen molar-refractivity contribution in [2.75, 3.05) is 26.4 Å². The third kappa shape index (κ3) is 4.62. The van der Waals surface area contributed by atoms with E-state index in [-0.39, 0.29) is 32.8 Å². The maximum absolute atomic E-state index is 12.5. The molecule has 0 fully saturated rings. The lowest BCUT2D eigenvalue weighted by atomic mass is 9.59. The van der Waals surface area contributed by atoms with Gasteiger partial charge in [0, 0.05) is 31.8 Å². The fourth-order valence-electron chi connectivity index (χ4n) is 3.36. The molecule has 2 N–H and O–H groups in total. The molecular formula is C19H36O8. The van der Waals surface area contributed by atoms with E-state index in [1.807, 2.05) is 0 Å². The molecule has 0 aromatic rings. The molecule has 0 aliphatic heterocycles. The van der Waals surface area contributed by atoms with Gasteiger partial charge >= 0.3 is 17.7 Å². The molecule has 0 saturated heterocycles. The number of carbonyl (C=O) groups is 2. The normalized spacial score (nSPS) is 13.6. The van der Waals surface area contributed by atoms with E-state index in [1.165, 1.54) is 0 Å². The summed E-state index contributed by atoms with van der Waals surface area (Å²) in [6, 6.07) is 0. The Kier molecular flexibility index (Phi) is 9.37. The smallest absolute Gasteiger partial charge is 0.370 e. The molecule has 0 rings (SSSR count). The molecule has 0 saturated carbocycles. The van der Waals surface area contributed by atoms with Crippen molar-refractivity contribution < 1.29 is 38.7 Å². The van der Waals surface area contributed by atoms with E-state index in [2.05, 4.69) is 0 Å². The first-order valence-corrected chi connectivity index (χ1v) is 9.36. The van der Waals surface area contributed by atoms with Gasteiger partial charge in [-0.2, -0.15) is 0 Å². The summed E-state index contributed by atoms with van der Waals surface area (Å²) in [6.45, 7) is 13.9. The highest BCUT2D eigenvalue weighted by molar-refractivity contribution is 5.77. The number of carboxylic acids is 2. The van der Waals surface area contributed by atoms with E-state index in [0.29, 0.717) is 0 Å². The maximum atomic E-state index is 12.5. The summed E-state index contributed by atoms with van der Waals surface area (Å²) in [5.74, 6) is -6.58. The summed E-state index contributed by atoms with van der Waals surface area (Å²) in [7, 11) is 0. The van der Waals surface area contributed by atoms with Crippen molar-refractivity contribution in [3.05, 3.63) is 0 Å². The third-order valence-corrected chi connectivity index (χ3v) is 5.21. The van der Waals surface area contributed by atoms with Crippen LogP contribution < -0.4 is 0 Å². The Morgan fingerprint density at radius 2 is 1.11 bits per heavy atom. The molecule has 0 unspecified atom stereocenters. The largest absolute Gasteiger partial charge is 0.481 e. The fourth-order valence-corrected chi connectivity index (χ4v) is 3.36. The zero-order chi connectivity index (χ0) is 21.5. The van der Waals surface area contributed by atoms with Gasteiger partial charge in [-0.05, 0) is 33.1 Å². The number of ether oxygens (including phenoxy) is 4. The molecule has 0 radical (unpaired) electrons. The van der Waals surface area contributed by atoms with Gasteiger partial charge in [-0.1, -0.05) is 27.7 Å². The number of rotatable bonds is 14. The zero-order valence-electron chi connectivity index (χ0n) is 17.9. The van der Waals surface area contributed by atoms with E-state index < -0.39 is 34.3 Å². The molecule has 8 heteroatoms. The van der Waals surface area contributed by atoms with Crippen LogP contribution in [0, 0.1) is 10.8 Å². The van der Waals surface area contributed by atoms with E-state index >= 15 is 0 Å². The fraction of sp³-hybridized carbons (Fsp3) is 0.895. The summed E-state index contributed by atoms with van der Waals surface area (Å²) >= 11 is 0. The Morgan fingerprint density at radius 1 is 0.741 bits per heavy atom. The van der Waals surface area contributed by atoms with Gasteiger partial charge in [0.15, 0.2) is 0 Å². The molecule has 0 bridgehead atoms. The van der Waals surface area contributed by atoms with Gasteiger partial charge in [0.25, 0.3) is 0 Å². The van der Waals surface area contributed by atoms with Gasteiger partial charge < -0.3 is 29.2 Å². The summed E-state index contributed by atoms with van der Waals surface area (Å²) in [6.07, 6.45) is -0.226. The minimum atomic E-state index is -2.28. The van der Waals surface area contributed by atoms with E-state index in [9.17, 15) is 19.8 Å². The molecule has 0 atom stereocenters. The molecule has 0 heterocycles. The molecule has 27 heavy (non-hydrogen) atoms. The molecule has 0 aromatic carbocycles. The number of carboxylic acid groups (broad SMARTS) is 2. The molecule has 0 amide bonds. The molecule has 0 aromatic heterocycles. The topological polar surface area (TPSA) is 112 Å². The minimum absolute atomic E-state index is 0.0314. The summed E-state index contributed by atoms with van der Waals surface area (Å²) < 4.78 is 23.3. The van der Waals surface area contributed by atoms with Crippen LogP contribution in [0.15, 0.2) is 0 Å². The summed E-state index contributed by atoms with van der Waals surface area (Å²) in [4.78, 5) is 23.9. The Morgan fingerprint density at radius 3 is 1.37 bits per heavy atom. The van der Waals surface area contributed by atoms with E-state index in [1.54, 1.807) is 55.4 Å². The minimum Gasteiger partial charge on any atom is -0.481 e. The van der Waals surface area contributed by atoms with Crippen LogP contribution in [-0.2, 0) is 28.5 Å². The van der Waals surface area contributed by atoms with Crippen molar-refractivity contribution in [2.45, 2.75) is 73.4 Å². The second-order valence-corrected chi connectivity index (χ2v) is 7.35. The Labute approximate surface area is 162 Å². The van der Waals surface area contributed by atoms with Crippen molar-refractivity contribution in [1.82, 2.24) is 0 Å². The van der Waals surface area contributed by atoms with Crippen LogP contribution in [0.2, 0.25) is 0 Å². The molecule has 8 nitrogen and oxygen atoms in total. The zero-order valence-corrected chi connectivity index (χ0v) is 17.9. The average Bonchev–Trinajstić information content (AvgIpc) is 2.52. The van der Waals surface area contributed by atoms with Crippen molar-refractivity contribution in [2.24, 2.45) is 10.8 Å². The quantitative estimate of drug-likeness (QED) is 0.434. The maximum Gasteiger partial charge on any atom is 0.370 e. The highest BCUT2D eigenvalue weighted by atomic mass is 16.8. The van der Waals surface area contributed by atoms with Crippen molar-refractivity contribution in [3.8, 4) is 0 Å². The van der Waals surface area contributed by atoms with Crippen LogP contribution >= 0.6 is 0 Å². The molecule has 0 spiro atoms. The first kappa shape index (κ1) is 25.8. The second kappa shape index (κ2) is 9.82. The third-order valence-electron chi connectivity index (χ3n) is 5.21. The Balaban J connectivity index is 6.95. The Bertz CT molecular complexity index is 486. The Hall–Kier alpha value is -1.22. The summed E-state index contributed by atoms with van der Waals surface area (Å²) in [5.41, 5.74) is -2.08. The number of aliphatic carboxylic acids is 2. The lowest BCUT2D eigenvalue weighted by Gasteiger charge is -2.58. The highest BCUT2D eigenvalue weighted by Crippen LogP contribution is 2.56. The summed E-state index contributed by atoms with van der Waals surface area (Å²) in [5, 5.41) is 19.6. The van der Waals surface area contributed by atoms with Gasteiger partial charge in [0.2, 0.25) is 5.79 Å². The predicted octanol–water partition coefficient (Wildman–Crippen LogP) is 3.14. The average molecular weight is 392 g/mol. The van der Waals surface area contributed by atoms with Gasteiger partial charge in [-0.15, -0.1) is 0 Å². The number of hydrogen-bond acceptors (Lipinski definition) is 6. The van der Waals surface area contributed by atoms with Crippen LogP contribution in [0.5, 0.6) is 0 Å². The molecule has 0 aliphatic carbocycles. The van der Waals surface area contributed by atoms with Crippen molar-refractivity contribution in [1.29, 1.82) is 0 Å². The van der Waals surface area contributed by atoms with Crippen LogP contribution in [0.3, 0.4) is 0 Å². The highest BCUT2D eigenvalue weighted by Gasteiger charge is 2.72. The molecule has 160 valence electrons. The monoisotopic (exact) mass is 392 g/mol. The van der Waals surface area contributed by atoms with Gasteiger partial charge in [-0.25, -0.2) is 4.79 Å². The lowest BCUT2D eigenvalue weighted by Crippen LogP contribution is -2.73. The number of hydrogen-bond donors (Lipinski definition) is 2. The van der Waals surface area contributed by atoms with E-state index in [0.717, 1.165) is 0 Å². The predicted molar refractivity (Wildman–Crippen MR) is 99.4 cm³/mol. The van der Waals surface area contributed by atoms with Crippen molar-refractivity contribution in [3.63, 3.8) is 0 Å². The van der Waals surface area contributed by atoms with Gasteiger partial charge in [-0.3, -0.25) is 4.79 Å². The molecule has 0 aliphatic rings. The standard InChI is InChI=1S/C19H36O8/c1-9-24-18(15(22)23,25-10-2)19(26-11-3,27-12-4)17(7,8)16(5,6)13-14(20)21/h9-13H2,1-8H3,(H,20,21)(H,22,23). The van der Waals surface area contributed by atoms with Crippen LogP contribution in [-0.4, -0.2) is 60.2 Å². The first-order chi connectivity index (χ1) is 12.4. The van der Waals surface area contributed by atoms with Crippen molar-refractivity contribution >= 4 is 11.9 Å². The van der Waals surface area contributed by atoms with Gasteiger partial charge in [0.05, 0.1) is 6.42 Å². The van der Waals surface area contributed by atoms with Gasteiger partial charge in [0.1, 0.15) is 0 Å². The SMILES string of the molecule is CCOC(OCC)(C(=O)O)C(OCC)(OCC)C(C)(C)C(C)(C)CC(=O)O. The molecular weight excluding hydrogens is 356 g/mol. The van der Waals surface area contributed by atoms with Crippen LogP contribution in [0.25, 0.3) is 0 Å². The van der Waals surface area contributed by atoms with Crippen LogP contribution in [0.4, 0.5) is 0 Å².